The number of rotatable bonds is 4. The molecular weight excluding hydrogens is 380 g/mol. The average molecular weight is 406 g/mol. The molecule has 1 saturated carbocycles. The number of aromatic hydroxyl groups is 1. The average Bonchev–Trinajstić information content (AvgIpc) is 3.21. The first kappa shape index (κ1) is 20.1. The fourth-order valence-corrected chi connectivity index (χ4v) is 4.94. The molecule has 2 heterocycles. The van der Waals surface area contributed by atoms with E-state index in [-0.39, 0.29) is 23.1 Å². The molecule has 0 spiro atoms. The molecule has 1 aliphatic carbocycles. The number of carbonyl (C=O) groups is 1. The zero-order valence-corrected chi connectivity index (χ0v) is 17.4. The van der Waals surface area contributed by atoms with Crippen LogP contribution in [0.4, 0.5) is 0 Å². The van der Waals surface area contributed by atoms with Gasteiger partial charge in [0.2, 0.25) is 5.75 Å². The van der Waals surface area contributed by atoms with Crippen molar-refractivity contribution in [2.24, 2.45) is 0 Å². The molecule has 0 bridgehead atoms. The van der Waals surface area contributed by atoms with Gasteiger partial charge < -0.3 is 14.6 Å². The molecule has 0 radical (unpaired) electrons. The number of hydrogen-bond donors (Lipinski definition) is 1. The highest BCUT2D eigenvalue weighted by Crippen LogP contribution is 2.43. The zero-order chi connectivity index (χ0) is 21.5. The van der Waals surface area contributed by atoms with Crippen LogP contribution < -0.4 is 5.56 Å². The van der Waals surface area contributed by atoms with Gasteiger partial charge in [-0.2, -0.15) is 10.2 Å². The van der Waals surface area contributed by atoms with Gasteiger partial charge in [-0.3, -0.25) is 9.59 Å². The summed E-state index contributed by atoms with van der Waals surface area (Å²) in [6.07, 6.45) is 4.59. The standard InChI is InChI=1S/C23H26N4O3/c1-15(2)26-11-12-27-18(25-21(29)20(28)19(27)22(26)30)13-23(9-3-4-10-23)17-7-5-16(14-24)6-8-17/h5-8,15,28H,3-4,9-13H2,1-2H3. The van der Waals surface area contributed by atoms with Crippen molar-refractivity contribution in [1.82, 2.24) is 14.5 Å². The van der Waals surface area contributed by atoms with Crippen LogP contribution in [0.25, 0.3) is 0 Å². The molecule has 2 aliphatic rings. The number of nitriles is 1. The van der Waals surface area contributed by atoms with Crippen LogP contribution in [-0.2, 0) is 18.4 Å². The lowest BCUT2D eigenvalue weighted by molar-refractivity contribution is 0.0636. The predicted octanol–water partition coefficient (Wildman–Crippen LogP) is 2.74. The summed E-state index contributed by atoms with van der Waals surface area (Å²) in [6, 6.07) is 9.77. The molecular formula is C23H26N4O3. The van der Waals surface area contributed by atoms with Crippen LogP contribution in [-0.4, -0.2) is 38.1 Å². The van der Waals surface area contributed by atoms with Crippen LogP contribution in [0.1, 0.15) is 67.0 Å². The second-order valence-corrected chi connectivity index (χ2v) is 8.63. The van der Waals surface area contributed by atoms with Gasteiger partial charge in [0.05, 0.1) is 11.6 Å². The Morgan fingerprint density at radius 2 is 1.83 bits per heavy atom. The smallest absolute Gasteiger partial charge is 0.315 e. The van der Waals surface area contributed by atoms with E-state index in [4.69, 9.17) is 5.26 Å². The Bertz CT molecular complexity index is 1070. The highest BCUT2D eigenvalue weighted by Gasteiger charge is 2.39. The van der Waals surface area contributed by atoms with Gasteiger partial charge in [-0.05, 0) is 44.4 Å². The highest BCUT2D eigenvalue weighted by atomic mass is 16.3. The van der Waals surface area contributed by atoms with Crippen molar-refractivity contribution >= 4 is 5.91 Å². The van der Waals surface area contributed by atoms with Crippen molar-refractivity contribution in [2.45, 2.75) is 64.0 Å². The SMILES string of the molecule is CC(C)N1CCn2c(CC3(c4ccc(C#N)cc4)CCCC3)nc(=O)c(O)c2C1=O. The van der Waals surface area contributed by atoms with Crippen LogP contribution >= 0.6 is 0 Å². The molecule has 0 atom stereocenters. The number of nitrogens with zero attached hydrogens (tertiary/aromatic N) is 4. The molecule has 7 heteroatoms. The fraction of sp³-hybridized carbons (Fsp3) is 0.478. The molecule has 1 aliphatic heterocycles. The summed E-state index contributed by atoms with van der Waals surface area (Å²) in [7, 11) is 0. The number of aromatic nitrogens is 2. The Morgan fingerprint density at radius 3 is 2.43 bits per heavy atom. The third kappa shape index (κ3) is 3.26. The predicted molar refractivity (Wildman–Crippen MR) is 111 cm³/mol. The van der Waals surface area contributed by atoms with Crippen molar-refractivity contribution in [3.8, 4) is 11.8 Å². The molecule has 2 aromatic rings. The van der Waals surface area contributed by atoms with Crippen molar-refractivity contribution in [1.29, 1.82) is 5.26 Å². The van der Waals surface area contributed by atoms with Gasteiger partial charge in [-0.15, -0.1) is 0 Å². The van der Waals surface area contributed by atoms with Crippen molar-refractivity contribution in [2.75, 3.05) is 6.54 Å². The lowest BCUT2D eigenvalue weighted by Crippen LogP contribution is -2.46. The van der Waals surface area contributed by atoms with Crippen LogP contribution in [0.15, 0.2) is 29.1 Å². The Balaban J connectivity index is 1.79. The Hall–Kier alpha value is -3.14. The summed E-state index contributed by atoms with van der Waals surface area (Å²) in [4.78, 5) is 31.3. The fourth-order valence-electron chi connectivity index (χ4n) is 4.94. The second-order valence-electron chi connectivity index (χ2n) is 8.63. The van der Waals surface area contributed by atoms with Crippen molar-refractivity contribution in [3.63, 3.8) is 0 Å². The molecule has 1 N–H and O–H groups in total. The molecule has 0 unspecified atom stereocenters. The van der Waals surface area contributed by atoms with E-state index in [0.29, 0.717) is 30.9 Å². The normalized spacial score (nSPS) is 17.8. The third-order valence-corrected chi connectivity index (χ3v) is 6.57. The molecule has 1 aromatic heterocycles. The maximum atomic E-state index is 13.0. The monoisotopic (exact) mass is 406 g/mol. The van der Waals surface area contributed by atoms with E-state index in [1.807, 2.05) is 38.1 Å². The molecule has 1 fully saturated rings. The molecule has 1 aromatic carbocycles. The van der Waals surface area contributed by atoms with E-state index in [9.17, 15) is 14.7 Å². The maximum Gasteiger partial charge on any atom is 0.315 e. The number of hydrogen-bond acceptors (Lipinski definition) is 5. The van der Waals surface area contributed by atoms with Gasteiger partial charge in [0.15, 0.2) is 5.69 Å². The van der Waals surface area contributed by atoms with Crippen molar-refractivity contribution < 1.29 is 9.90 Å². The molecule has 30 heavy (non-hydrogen) atoms. The van der Waals surface area contributed by atoms with Gasteiger partial charge in [-0.1, -0.05) is 25.0 Å². The zero-order valence-electron chi connectivity index (χ0n) is 17.4. The van der Waals surface area contributed by atoms with Gasteiger partial charge in [0, 0.05) is 31.0 Å². The summed E-state index contributed by atoms with van der Waals surface area (Å²) in [6.45, 7) is 4.86. The minimum atomic E-state index is -0.747. The summed E-state index contributed by atoms with van der Waals surface area (Å²) in [5, 5.41) is 19.5. The van der Waals surface area contributed by atoms with Gasteiger partial charge in [0.25, 0.3) is 5.91 Å². The number of benzene rings is 1. The minimum Gasteiger partial charge on any atom is -0.501 e. The van der Waals surface area contributed by atoms with E-state index < -0.39 is 11.3 Å². The Labute approximate surface area is 175 Å². The van der Waals surface area contributed by atoms with E-state index in [0.717, 1.165) is 31.2 Å². The Kier molecular flexibility index (Phi) is 5.10. The topological polar surface area (TPSA) is 99.2 Å². The summed E-state index contributed by atoms with van der Waals surface area (Å²) >= 11 is 0. The third-order valence-electron chi connectivity index (χ3n) is 6.57. The van der Waals surface area contributed by atoms with E-state index in [1.165, 1.54) is 0 Å². The molecule has 7 nitrogen and oxygen atoms in total. The highest BCUT2D eigenvalue weighted by molar-refractivity contribution is 5.95. The number of carbonyl (C=O) groups excluding carboxylic acids is 1. The van der Waals surface area contributed by atoms with Crippen LogP contribution in [0.3, 0.4) is 0 Å². The summed E-state index contributed by atoms with van der Waals surface area (Å²) in [5.41, 5.74) is 0.856. The number of fused-ring (bicyclic) bond motifs is 1. The second kappa shape index (κ2) is 7.60. The van der Waals surface area contributed by atoms with Crippen molar-refractivity contribution in [3.05, 3.63) is 57.3 Å². The first-order valence-electron chi connectivity index (χ1n) is 10.5. The van der Waals surface area contributed by atoms with E-state index >= 15 is 0 Å². The first-order valence-corrected chi connectivity index (χ1v) is 10.5. The minimum absolute atomic E-state index is 0.0165. The van der Waals surface area contributed by atoms with Gasteiger partial charge >= 0.3 is 5.56 Å². The Morgan fingerprint density at radius 1 is 1.17 bits per heavy atom. The molecule has 156 valence electrons. The lowest BCUT2D eigenvalue weighted by atomic mass is 9.75. The van der Waals surface area contributed by atoms with Crippen LogP contribution in [0.2, 0.25) is 0 Å². The van der Waals surface area contributed by atoms with E-state index in [1.54, 1.807) is 9.47 Å². The summed E-state index contributed by atoms with van der Waals surface area (Å²) < 4.78 is 1.74. The first-order chi connectivity index (χ1) is 14.4. The molecule has 4 rings (SSSR count). The van der Waals surface area contributed by atoms with E-state index in [2.05, 4.69) is 11.1 Å². The number of amides is 1. The maximum absolute atomic E-state index is 13.0. The molecule has 0 saturated heterocycles. The quantitative estimate of drug-likeness (QED) is 0.842. The van der Waals surface area contributed by atoms with Crippen LogP contribution in [0.5, 0.6) is 5.75 Å². The van der Waals surface area contributed by atoms with Gasteiger partial charge in [-0.25, -0.2) is 0 Å². The van der Waals surface area contributed by atoms with Gasteiger partial charge in [0.1, 0.15) is 5.82 Å². The lowest BCUT2D eigenvalue weighted by Gasteiger charge is -2.36. The van der Waals surface area contributed by atoms with Crippen LogP contribution in [0, 0.1) is 11.3 Å². The summed E-state index contributed by atoms with van der Waals surface area (Å²) in [5.74, 6) is -0.336. The molecule has 1 amide bonds. The largest absolute Gasteiger partial charge is 0.501 e.